The Kier molecular flexibility index (Phi) is 5.18. The molecule has 0 saturated carbocycles. The molecular formula is C23H20ClN3O3. The Labute approximate surface area is 178 Å². The van der Waals surface area contributed by atoms with Crippen LogP contribution in [0.1, 0.15) is 18.9 Å². The van der Waals surface area contributed by atoms with Gasteiger partial charge in [-0.05, 0) is 35.6 Å². The molecule has 1 saturated heterocycles. The van der Waals surface area contributed by atoms with Gasteiger partial charge in [-0.15, -0.1) is 0 Å². The molecule has 7 heteroatoms. The summed E-state index contributed by atoms with van der Waals surface area (Å²) in [5.74, 6) is -0.900. The summed E-state index contributed by atoms with van der Waals surface area (Å²) < 4.78 is 0. The Balaban J connectivity index is 1.55. The second-order valence-electron chi connectivity index (χ2n) is 7.16. The number of fused-ring (bicyclic) bond motifs is 1. The Bertz CT molecular complexity index is 1140. The third-order valence-corrected chi connectivity index (χ3v) is 5.66. The maximum absolute atomic E-state index is 13.2. The van der Waals surface area contributed by atoms with Crippen LogP contribution in [-0.2, 0) is 15.1 Å². The van der Waals surface area contributed by atoms with Crippen LogP contribution in [0.15, 0.2) is 66.7 Å². The highest BCUT2D eigenvalue weighted by Crippen LogP contribution is 2.33. The SMILES string of the molecule is CC[C@]1(c2ccc(Cl)cc2)NC(=O)N(CC(=O)Nc2cccc3ccccc23)C1=O. The average molecular weight is 422 g/mol. The van der Waals surface area contributed by atoms with Gasteiger partial charge in [0.05, 0.1) is 0 Å². The normalized spacial score (nSPS) is 18.5. The molecule has 1 aliphatic heterocycles. The summed E-state index contributed by atoms with van der Waals surface area (Å²) in [6.45, 7) is 1.44. The van der Waals surface area contributed by atoms with Crippen LogP contribution in [0.2, 0.25) is 5.02 Å². The Morgan fingerprint density at radius 2 is 1.73 bits per heavy atom. The van der Waals surface area contributed by atoms with Gasteiger partial charge in [0.1, 0.15) is 12.1 Å². The van der Waals surface area contributed by atoms with Crippen LogP contribution in [0.25, 0.3) is 10.8 Å². The topological polar surface area (TPSA) is 78.5 Å². The number of carbonyl (C=O) groups excluding carboxylic acids is 3. The van der Waals surface area contributed by atoms with Gasteiger partial charge in [-0.3, -0.25) is 14.5 Å². The largest absolute Gasteiger partial charge is 0.325 e. The van der Waals surface area contributed by atoms with Crippen molar-refractivity contribution in [3.8, 4) is 0 Å². The Morgan fingerprint density at radius 1 is 1.03 bits per heavy atom. The molecule has 0 spiro atoms. The van der Waals surface area contributed by atoms with E-state index in [0.717, 1.165) is 15.7 Å². The molecule has 1 atom stereocenters. The van der Waals surface area contributed by atoms with Crippen LogP contribution in [0.4, 0.5) is 10.5 Å². The lowest BCUT2D eigenvalue weighted by Gasteiger charge is -2.25. The summed E-state index contributed by atoms with van der Waals surface area (Å²) in [4.78, 5) is 39.4. The molecular weight excluding hydrogens is 402 g/mol. The fourth-order valence-corrected chi connectivity index (χ4v) is 3.94. The van der Waals surface area contributed by atoms with Gasteiger partial charge < -0.3 is 10.6 Å². The van der Waals surface area contributed by atoms with Crippen molar-refractivity contribution < 1.29 is 14.4 Å². The van der Waals surface area contributed by atoms with Gasteiger partial charge in [0.25, 0.3) is 5.91 Å². The monoisotopic (exact) mass is 421 g/mol. The smallest absolute Gasteiger partial charge is 0.324 e. The van der Waals surface area contributed by atoms with Crippen LogP contribution in [-0.4, -0.2) is 29.3 Å². The predicted molar refractivity (Wildman–Crippen MR) is 116 cm³/mol. The average Bonchev–Trinajstić information content (AvgIpc) is 2.99. The lowest BCUT2D eigenvalue weighted by molar-refractivity contribution is -0.134. The quantitative estimate of drug-likeness (QED) is 0.603. The standard InChI is InChI=1S/C23H20ClN3O3/c1-2-23(16-10-12-17(24)13-11-16)21(29)27(22(30)26-23)14-20(28)25-19-9-5-7-15-6-3-4-8-18(15)19/h3-13H,2,14H2,1H3,(H,25,28)(H,26,30)/t23-/m1/s1. The Morgan fingerprint density at radius 3 is 2.47 bits per heavy atom. The van der Waals surface area contributed by atoms with E-state index in [1.54, 1.807) is 30.3 Å². The molecule has 0 bridgehead atoms. The number of carbonyl (C=O) groups is 3. The van der Waals surface area contributed by atoms with Gasteiger partial charge in [0.15, 0.2) is 0 Å². The highest BCUT2D eigenvalue weighted by atomic mass is 35.5. The van der Waals surface area contributed by atoms with Crippen molar-refractivity contribution in [2.75, 3.05) is 11.9 Å². The molecule has 4 amide bonds. The highest BCUT2D eigenvalue weighted by molar-refractivity contribution is 6.30. The third-order valence-electron chi connectivity index (χ3n) is 5.41. The van der Waals surface area contributed by atoms with Gasteiger partial charge in [-0.1, -0.05) is 67.1 Å². The number of benzene rings is 3. The molecule has 30 heavy (non-hydrogen) atoms. The first kappa shape index (κ1) is 19.9. The third kappa shape index (κ3) is 3.39. The van der Waals surface area contributed by atoms with Gasteiger partial charge in [-0.2, -0.15) is 0 Å². The maximum Gasteiger partial charge on any atom is 0.325 e. The molecule has 0 aromatic heterocycles. The van der Waals surface area contributed by atoms with Gasteiger partial charge in [0.2, 0.25) is 5.91 Å². The van der Waals surface area contributed by atoms with Gasteiger partial charge in [0, 0.05) is 16.1 Å². The first-order valence-electron chi connectivity index (χ1n) is 9.62. The lowest BCUT2D eigenvalue weighted by atomic mass is 9.87. The van der Waals surface area contributed by atoms with Crippen LogP contribution >= 0.6 is 11.6 Å². The van der Waals surface area contributed by atoms with Crippen LogP contribution < -0.4 is 10.6 Å². The maximum atomic E-state index is 13.2. The second-order valence-corrected chi connectivity index (χ2v) is 7.60. The van der Waals surface area contributed by atoms with E-state index in [2.05, 4.69) is 10.6 Å². The number of halogens is 1. The number of nitrogens with zero attached hydrogens (tertiary/aromatic N) is 1. The van der Waals surface area contributed by atoms with Crippen molar-refractivity contribution in [3.05, 3.63) is 77.3 Å². The minimum absolute atomic E-state index is 0.348. The van der Waals surface area contributed by atoms with Crippen molar-refractivity contribution in [2.45, 2.75) is 18.9 Å². The van der Waals surface area contributed by atoms with Gasteiger partial charge in [-0.25, -0.2) is 4.79 Å². The van der Waals surface area contributed by atoms with Crippen molar-refractivity contribution in [3.63, 3.8) is 0 Å². The molecule has 1 heterocycles. The van der Waals surface area contributed by atoms with Crippen molar-refractivity contribution in [1.82, 2.24) is 10.2 Å². The van der Waals surface area contributed by atoms with Crippen molar-refractivity contribution >= 4 is 45.9 Å². The minimum atomic E-state index is -1.21. The molecule has 1 aliphatic rings. The van der Waals surface area contributed by atoms with Crippen LogP contribution in [0, 0.1) is 0 Å². The Hall–Kier alpha value is -3.38. The first-order chi connectivity index (χ1) is 14.4. The first-order valence-corrected chi connectivity index (χ1v) is 10.00. The number of imide groups is 1. The molecule has 0 aliphatic carbocycles. The molecule has 3 aromatic carbocycles. The predicted octanol–water partition coefficient (Wildman–Crippen LogP) is 4.29. The van der Waals surface area contributed by atoms with Crippen LogP contribution in [0.5, 0.6) is 0 Å². The van der Waals surface area contributed by atoms with E-state index in [1.807, 2.05) is 43.3 Å². The molecule has 0 unspecified atom stereocenters. The number of rotatable bonds is 5. The van der Waals surface area contributed by atoms with Crippen molar-refractivity contribution in [1.29, 1.82) is 0 Å². The number of amides is 4. The summed E-state index contributed by atoms with van der Waals surface area (Å²) in [5, 5.41) is 7.98. The van der Waals surface area contributed by atoms with E-state index in [9.17, 15) is 14.4 Å². The molecule has 0 radical (unpaired) electrons. The number of anilines is 1. The lowest BCUT2D eigenvalue weighted by Crippen LogP contribution is -2.44. The highest BCUT2D eigenvalue weighted by Gasteiger charge is 2.51. The van der Waals surface area contributed by atoms with E-state index in [4.69, 9.17) is 11.6 Å². The molecule has 6 nitrogen and oxygen atoms in total. The van der Waals surface area contributed by atoms with Gasteiger partial charge >= 0.3 is 6.03 Å². The zero-order valence-electron chi connectivity index (χ0n) is 16.3. The summed E-state index contributed by atoms with van der Waals surface area (Å²) in [6.07, 6.45) is 0.348. The summed E-state index contributed by atoms with van der Waals surface area (Å²) in [5.41, 5.74) is 0.0517. The zero-order valence-corrected chi connectivity index (χ0v) is 17.1. The van der Waals surface area contributed by atoms with E-state index in [-0.39, 0.29) is 6.54 Å². The van der Waals surface area contributed by atoms with Crippen molar-refractivity contribution in [2.24, 2.45) is 0 Å². The number of urea groups is 1. The zero-order chi connectivity index (χ0) is 21.3. The fraction of sp³-hybridized carbons (Fsp3) is 0.174. The second kappa shape index (κ2) is 7.80. The summed E-state index contributed by atoms with van der Waals surface area (Å²) in [6, 6.07) is 19.4. The fourth-order valence-electron chi connectivity index (χ4n) is 3.81. The molecule has 1 fully saturated rings. The number of nitrogens with one attached hydrogen (secondary N) is 2. The van der Waals surface area contributed by atoms with Crippen LogP contribution in [0.3, 0.4) is 0 Å². The van der Waals surface area contributed by atoms with E-state index in [1.165, 1.54) is 0 Å². The molecule has 3 aromatic rings. The van der Waals surface area contributed by atoms with E-state index in [0.29, 0.717) is 22.7 Å². The number of hydrogen-bond donors (Lipinski definition) is 2. The minimum Gasteiger partial charge on any atom is -0.324 e. The van der Waals surface area contributed by atoms with E-state index >= 15 is 0 Å². The number of hydrogen-bond acceptors (Lipinski definition) is 3. The van der Waals surface area contributed by atoms with E-state index < -0.39 is 23.4 Å². The molecule has 152 valence electrons. The summed E-state index contributed by atoms with van der Waals surface area (Å²) >= 11 is 5.95. The molecule has 4 rings (SSSR count). The summed E-state index contributed by atoms with van der Waals surface area (Å²) in [7, 11) is 0. The molecule has 2 N–H and O–H groups in total.